The lowest BCUT2D eigenvalue weighted by Crippen LogP contribution is -1.98. The molecule has 0 saturated carbocycles. The molecule has 56 valence electrons. The van der Waals surface area contributed by atoms with Gasteiger partial charge in [0.25, 0.3) is 0 Å². The highest BCUT2D eigenvalue weighted by atomic mass is 14.1. The summed E-state index contributed by atoms with van der Waals surface area (Å²) in [7, 11) is 0. The van der Waals surface area contributed by atoms with Gasteiger partial charge in [0, 0.05) is 0 Å². The van der Waals surface area contributed by atoms with E-state index >= 15 is 0 Å². The first-order valence-corrected chi connectivity index (χ1v) is 4.16. The van der Waals surface area contributed by atoms with Crippen LogP contribution in [-0.2, 0) is 0 Å². The third kappa shape index (κ3) is 5.88. The van der Waals surface area contributed by atoms with Gasteiger partial charge in [0.15, 0.2) is 0 Å². The van der Waals surface area contributed by atoms with Crippen LogP contribution < -0.4 is 0 Å². The maximum atomic E-state index is 2.35. The fourth-order valence-electron chi connectivity index (χ4n) is 1.42. The van der Waals surface area contributed by atoms with Crippen LogP contribution in [0.25, 0.3) is 0 Å². The van der Waals surface area contributed by atoms with Crippen molar-refractivity contribution in [2.24, 2.45) is 11.8 Å². The van der Waals surface area contributed by atoms with E-state index in [9.17, 15) is 0 Å². The standard InChI is InChI=1S/C9H20/c1-5-6-9(4)7-8(2)3/h8-9H,5-7H2,1-4H3/t9-/m0/s1. The Morgan fingerprint density at radius 2 is 1.67 bits per heavy atom. The number of hydrogen-bond acceptors (Lipinski definition) is 0. The van der Waals surface area contributed by atoms with Crippen LogP contribution in [0.4, 0.5) is 0 Å². The highest BCUT2D eigenvalue weighted by Crippen LogP contribution is 2.15. The van der Waals surface area contributed by atoms with Crippen LogP contribution in [0.3, 0.4) is 0 Å². The molecule has 0 aromatic heterocycles. The second-order valence-electron chi connectivity index (χ2n) is 3.52. The van der Waals surface area contributed by atoms with E-state index in [1.54, 1.807) is 0 Å². The molecule has 0 aliphatic heterocycles. The topological polar surface area (TPSA) is 0 Å². The smallest absolute Gasteiger partial charge is 0.0440 e. The van der Waals surface area contributed by atoms with E-state index < -0.39 is 0 Å². The molecule has 0 rings (SSSR count). The Morgan fingerprint density at radius 3 is 2.00 bits per heavy atom. The van der Waals surface area contributed by atoms with E-state index in [0.717, 1.165) is 11.8 Å². The molecule has 0 amide bonds. The average molecular weight is 128 g/mol. The Bertz CT molecular complexity index is 55.1. The van der Waals surface area contributed by atoms with Gasteiger partial charge in [-0.05, 0) is 18.3 Å². The lowest BCUT2D eigenvalue weighted by atomic mass is 9.95. The van der Waals surface area contributed by atoms with Crippen LogP contribution in [-0.4, -0.2) is 0 Å². The SMILES string of the molecule is CCC[C@H](C)CC(C)C. The summed E-state index contributed by atoms with van der Waals surface area (Å²) in [4.78, 5) is 0. The second-order valence-corrected chi connectivity index (χ2v) is 3.52. The first kappa shape index (κ1) is 9.00. The van der Waals surface area contributed by atoms with E-state index in [1.807, 2.05) is 0 Å². The normalized spacial score (nSPS) is 14.3. The molecule has 0 N–H and O–H groups in total. The first-order chi connectivity index (χ1) is 4.16. The van der Waals surface area contributed by atoms with E-state index in [1.165, 1.54) is 19.3 Å². The zero-order chi connectivity index (χ0) is 7.28. The van der Waals surface area contributed by atoms with Gasteiger partial charge in [-0.25, -0.2) is 0 Å². The van der Waals surface area contributed by atoms with E-state index in [2.05, 4.69) is 27.7 Å². The van der Waals surface area contributed by atoms with Gasteiger partial charge in [-0.2, -0.15) is 0 Å². The Balaban J connectivity index is 3.15. The lowest BCUT2D eigenvalue weighted by molar-refractivity contribution is 0.412. The fourth-order valence-corrected chi connectivity index (χ4v) is 1.42. The lowest BCUT2D eigenvalue weighted by Gasteiger charge is -2.11. The molecule has 0 unspecified atom stereocenters. The Labute approximate surface area is 59.7 Å². The molecule has 0 nitrogen and oxygen atoms in total. The first-order valence-electron chi connectivity index (χ1n) is 4.16. The molecular weight excluding hydrogens is 108 g/mol. The largest absolute Gasteiger partial charge is 0.0654 e. The summed E-state index contributed by atoms with van der Waals surface area (Å²) in [6.45, 7) is 9.21. The number of rotatable bonds is 4. The zero-order valence-electron chi connectivity index (χ0n) is 7.28. The molecule has 0 heteroatoms. The minimum Gasteiger partial charge on any atom is -0.0654 e. The molecule has 0 radical (unpaired) electrons. The predicted molar refractivity (Wildman–Crippen MR) is 43.5 cm³/mol. The summed E-state index contributed by atoms with van der Waals surface area (Å²) in [5.74, 6) is 1.82. The summed E-state index contributed by atoms with van der Waals surface area (Å²) < 4.78 is 0. The molecule has 0 aliphatic rings. The van der Waals surface area contributed by atoms with Gasteiger partial charge in [-0.1, -0.05) is 40.5 Å². The van der Waals surface area contributed by atoms with Crippen LogP contribution >= 0.6 is 0 Å². The van der Waals surface area contributed by atoms with Crippen molar-refractivity contribution < 1.29 is 0 Å². The zero-order valence-corrected chi connectivity index (χ0v) is 7.28. The highest BCUT2D eigenvalue weighted by Gasteiger charge is 2.02. The molecule has 0 bridgehead atoms. The van der Waals surface area contributed by atoms with Gasteiger partial charge in [0.05, 0.1) is 0 Å². The van der Waals surface area contributed by atoms with Crippen LogP contribution in [0, 0.1) is 11.8 Å². The summed E-state index contributed by atoms with van der Waals surface area (Å²) in [5.41, 5.74) is 0. The van der Waals surface area contributed by atoms with Crippen LogP contribution in [0.15, 0.2) is 0 Å². The third-order valence-corrected chi connectivity index (χ3v) is 1.66. The van der Waals surface area contributed by atoms with Crippen LogP contribution in [0.5, 0.6) is 0 Å². The van der Waals surface area contributed by atoms with Gasteiger partial charge in [-0.15, -0.1) is 0 Å². The molecule has 1 atom stereocenters. The summed E-state index contributed by atoms with van der Waals surface area (Å²) in [6.07, 6.45) is 4.14. The summed E-state index contributed by atoms with van der Waals surface area (Å²) in [5, 5.41) is 0. The molecule has 0 heterocycles. The predicted octanol–water partition coefficient (Wildman–Crippen LogP) is 3.47. The monoisotopic (exact) mass is 128 g/mol. The van der Waals surface area contributed by atoms with Gasteiger partial charge in [-0.3, -0.25) is 0 Å². The molecular formula is C9H20. The minimum absolute atomic E-state index is 0.881. The van der Waals surface area contributed by atoms with Gasteiger partial charge < -0.3 is 0 Å². The number of hydrogen-bond donors (Lipinski definition) is 0. The van der Waals surface area contributed by atoms with E-state index in [0.29, 0.717) is 0 Å². The molecule has 0 aliphatic carbocycles. The van der Waals surface area contributed by atoms with Crippen molar-refractivity contribution in [1.82, 2.24) is 0 Å². The van der Waals surface area contributed by atoms with Gasteiger partial charge >= 0.3 is 0 Å². The van der Waals surface area contributed by atoms with Gasteiger partial charge in [0.2, 0.25) is 0 Å². The minimum atomic E-state index is 0.881. The third-order valence-electron chi connectivity index (χ3n) is 1.66. The Morgan fingerprint density at radius 1 is 1.11 bits per heavy atom. The van der Waals surface area contributed by atoms with Crippen LogP contribution in [0.1, 0.15) is 47.0 Å². The fraction of sp³-hybridized carbons (Fsp3) is 1.00. The Hall–Kier alpha value is 0. The van der Waals surface area contributed by atoms with Crippen molar-refractivity contribution in [3.8, 4) is 0 Å². The van der Waals surface area contributed by atoms with E-state index in [-0.39, 0.29) is 0 Å². The second kappa shape index (κ2) is 4.84. The molecule has 0 aromatic carbocycles. The van der Waals surface area contributed by atoms with Crippen molar-refractivity contribution in [2.75, 3.05) is 0 Å². The Kier molecular flexibility index (Phi) is 4.84. The highest BCUT2D eigenvalue weighted by molar-refractivity contribution is 4.54. The van der Waals surface area contributed by atoms with Gasteiger partial charge in [0.1, 0.15) is 0 Å². The van der Waals surface area contributed by atoms with Crippen molar-refractivity contribution >= 4 is 0 Å². The summed E-state index contributed by atoms with van der Waals surface area (Å²) >= 11 is 0. The van der Waals surface area contributed by atoms with Crippen molar-refractivity contribution in [3.05, 3.63) is 0 Å². The van der Waals surface area contributed by atoms with E-state index in [4.69, 9.17) is 0 Å². The quantitative estimate of drug-likeness (QED) is 0.544. The molecule has 0 aromatic rings. The average Bonchev–Trinajstić information content (AvgIpc) is 1.63. The van der Waals surface area contributed by atoms with Crippen molar-refractivity contribution in [3.63, 3.8) is 0 Å². The van der Waals surface area contributed by atoms with Crippen LogP contribution in [0.2, 0.25) is 0 Å². The molecule has 0 spiro atoms. The maximum absolute atomic E-state index is 2.35. The van der Waals surface area contributed by atoms with Crippen molar-refractivity contribution in [2.45, 2.75) is 47.0 Å². The molecule has 0 fully saturated rings. The molecule has 0 saturated heterocycles. The maximum Gasteiger partial charge on any atom is -0.0440 e. The molecule has 9 heavy (non-hydrogen) atoms. The summed E-state index contributed by atoms with van der Waals surface area (Å²) in [6, 6.07) is 0. The van der Waals surface area contributed by atoms with Crippen molar-refractivity contribution in [1.29, 1.82) is 0 Å².